The molecule has 2 N–H and O–H groups in total. The first-order valence-electron chi connectivity index (χ1n) is 13.1. The number of hydrogen-bond donors (Lipinski definition) is 2. The molecule has 0 aliphatic heterocycles. The second kappa shape index (κ2) is 8.41. The minimum absolute atomic E-state index is 0.214. The van der Waals surface area contributed by atoms with Gasteiger partial charge >= 0.3 is 0 Å². The van der Waals surface area contributed by atoms with Crippen molar-refractivity contribution in [1.29, 1.82) is 0 Å². The molecule has 4 rings (SSSR count). The maximum atomic E-state index is 10.3. The lowest BCUT2D eigenvalue weighted by molar-refractivity contribution is -0.0946. The number of rotatable bonds is 5. The SMILES string of the molecule is CC(C)CCC[C@@H](C)[C@H]1CC[C@H]2[C@@H]3CC(=NO)[C@H]4C[C@@H](O)CC[C@]4(C)[C@H]3CC[C@]12C. The molecule has 4 fully saturated rings. The molecular formula is C27H47NO2. The van der Waals surface area contributed by atoms with E-state index in [-0.39, 0.29) is 17.4 Å². The molecule has 0 radical (unpaired) electrons. The predicted octanol–water partition coefficient (Wildman–Crippen LogP) is 6.91. The summed E-state index contributed by atoms with van der Waals surface area (Å²) >= 11 is 0. The maximum absolute atomic E-state index is 10.3. The molecular weight excluding hydrogens is 370 g/mol. The van der Waals surface area contributed by atoms with Gasteiger partial charge in [0.15, 0.2) is 0 Å². The lowest BCUT2D eigenvalue weighted by atomic mass is 9.44. The molecule has 3 nitrogen and oxygen atoms in total. The van der Waals surface area contributed by atoms with Crippen molar-refractivity contribution in [2.24, 2.45) is 57.4 Å². The summed E-state index contributed by atoms with van der Waals surface area (Å²) in [5.74, 6) is 5.01. The molecule has 3 heteroatoms. The van der Waals surface area contributed by atoms with Crippen LogP contribution in [0.2, 0.25) is 0 Å². The summed E-state index contributed by atoms with van der Waals surface area (Å²) in [5, 5.41) is 24.1. The number of aliphatic hydroxyl groups excluding tert-OH is 1. The maximum Gasteiger partial charge on any atom is 0.0611 e. The van der Waals surface area contributed by atoms with Crippen LogP contribution in [0.4, 0.5) is 0 Å². The van der Waals surface area contributed by atoms with Crippen molar-refractivity contribution in [3.8, 4) is 0 Å². The van der Waals surface area contributed by atoms with Crippen LogP contribution in [-0.2, 0) is 0 Å². The smallest absolute Gasteiger partial charge is 0.0611 e. The average Bonchev–Trinajstić information content (AvgIpc) is 3.05. The van der Waals surface area contributed by atoms with E-state index in [1.165, 1.54) is 44.9 Å². The minimum atomic E-state index is -0.215. The van der Waals surface area contributed by atoms with Gasteiger partial charge in [0.1, 0.15) is 0 Å². The van der Waals surface area contributed by atoms with E-state index < -0.39 is 0 Å². The van der Waals surface area contributed by atoms with Gasteiger partial charge in [-0.15, -0.1) is 0 Å². The van der Waals surface area contributed by atoms with Gasteiger partial charge in [-0.05, 0) is 97.7 Å². The highest BCUT2D eigenvalue weighted by Crippen LogP contribution is 2.68. The van der Waals surface area contributed by atoms with E-state index in [9.17, 15) is 10.3 Å². The Labute approximate surface area is 185 Å². The van der Waals surface area contributed by atoms with Crippen LogP contribution >= 0.6 is 0 Å². The normalized spacial score (nSPS) is 48.3. The third-order valence-corrected chi connectivity index (χ3v) is 10.8. The van der Waals surface area contributed by atoms with Crippen LogP contribution < -0.4 is 0 Å². The van der Waals surface area contributed by atoms with Crippen molar-refractivity contribution in [3.05, 3.63) is 0 Å². The summed E-state index contributed by atoms with van der Waals surface area (Å²) < 4.78 is 0. The van der Waals surface area contributed by atoms with Crippen molar-refractivity contribution in [2.45, 2.75) is 111 Å². The first-order valence-corrected chi connectivity index (χ1v) is 13.1. The summed E-state index contributed by atoms with van der Waals surface area (Å²) in [6, 6.07) is 0. The van der Waals surface area contributed by atoms with Crippen LogP contribution in [0.5, 0.6) is 0 Å². The van der Waals surface area contributed by atoms with E-state index in [1.54, 1.807) is 0 Å². The largest absolute Gasteiger partial charge is 0.411 e. The monoisotopic (exact) mass is 417 g/mol. The second-order valence-corrected chi connectivity index (χ2v) is 12.7. The van der Waals surface area contributed by atoms with E-state index in [0.29, 0.717) is 11.3 Å². The number of hydrogen-bond acceptors (Lipinski definition) is 3. The van der Waals surface area contributed by atoms with E-state index in [4.69, 9.17) is 0 Å². The molecule has 172 valence electrons. The predicted molar refractivity (Wildman–Crippen MR) is 124 cm³/mol. The van der Waals surface area contributed by atoms with Gasteiger partial charge in [0.2, 0.25) is 0 Å². The molecule has 0 bridgehead atoms. The van der Waals surface area contributed by atoms with Gasteiger partial charge in [-0.25, -0.2) is 0 Å². The van der Waals surface area contributed by atoms with Gasteiger partial charge < -0.3 is 10.3 Å². The molecule has 0 unspecified atom stereocenters. The van der Waals surface area contributed by atoms with Gasteiger partial charge in [0, 0.05) is 5.92 Å². The average molecular weight is 418 g/mol. The van der Waals surface area contributed by atoms with Crippen molar-refractivity contribution in [1.82, 2.24) is 0 Å². The number of fused-ring (bicyclic) bond motifs is 5. The molecule has 0 amide bonds. The second-order valence-electron chi connectivity index (χ2n) is 12.7. The van der Waals surface area contributed by atoms with Crippen LogP contribution in [-0.4, -0.2) is 22.1 Å². The lowest BCUT2D eigenvalue weighted by Gasteiger charge is -2.61. The molecule has 0 aromatic heterocycles. The van der Waals surface area contributed by atoms with E-state index in [1.807, 2.05) is 0 Å². The Morgan fingerprint density at radius 3 is 2.37 bits per heavy atom. The Bertz CT molecular complexity index is 645. The summed E-state index contributed by atoms with van der Waals surface area (Å²) in [7, 11) is 0. The number of nitrogens with zero attached hydrogens (tertiary/aromatic N) is 1. The third kappa shape index (κ3) is 3.65. The zero-order valence-corrected chi connectivity index (χ0v) is 20.2. The lowest BCUT2D eigenvalue weighted by Crippen LogP contribution is -2.57. The molecule has 0 saturated heterocycles. The molecule has 30 heavy (non-hydrogen) atoms. The first-order chi connectivity index (χ1) is 14.2. The first kappa shape index (κ1) is 22.6. The summed E-state index contributed by atoms with van der Waals surface area (Å²) in [6.07, 6.45) is 13.2. The molecule has 0 aromatic rings. The third-order valence-electron chi connectivity index (χ3n) is 10.8. The van der Waals surface area contributed by atoms with Crippen LogP contribution in [0, 0.1) is 52.3 Å². The topological polar surface area (TPSA) is 52.8 Å². The van der Waals surface area contributed by atoms with Gasteiger partial charge in [-0.2, -0.15) is 0 Å². The zero-order valence-electron chi connectivity index (χ0n) is 20.2. The Hall–Kier alpha value is -0.570. The van der Waals surface area contributed by atoms with Gasteiger partial charge in [0.05, 0.1) is 11.8 Å². The van der Waals surface area contributed by atoms with Crippen LogP contribution in [0.25, 0.3) is 0 Å². The molecule has 4 aliphatic carbocycles. The summed E-state index contributed by atoms with van der Waals surface area (Å²) in [4.78, 5) is 0. The van der Waals surface area contributed by atoms with Crippen molar-refractivity contribution < 1.29 is 10.3 Å². The van der Waals surface area contributed by atoms with Crippen LogP contribution in [0.3, 0.4) is 0 Å². The summed E-state index contributed by atoms with van der Waals surface area (Å²) in [6.45, 7) is 12.3. The highest BCUT2D eigenvalue weighted by molar-refractivity contribution is 5.88. The Kier molecular flexibility index (Phi) is 6.34. The quantitative estimate of drug-likeness (QED) is 0.377. The van der Waals surface area contributed by atoms with Crippen LogP contribution in [0.15, 0.2) is 5.16 Å². The molecule has 4 aliphatic rings. The van der Waals surface area contributed by atoms with Crippen molar-refractivity contribution in [3.63, 3.8) is 0 Å². The molecule has 4 saturated carbocycles. The van der Waals surface area contributed by atoms with E-state index >= 15 is 0 Å². The van der Waals surface area contributed by atoms with Gasteiger partial charge in [-0.1, -0.05) is 59.0 Å². The molecule has 0 spiro atoms. The fraction of sp³-hybridized carbons (Fsp3) is 0.963. The fourth-order valence-corrected chi connectivity index (χ4v) is 9.18. The van der Waals surface area contributed by atoms with Gasteiger partial charge in [-0.3, -0.25) is 0 Å². The molecule has 9 atom stereocenters. The molecule has 0 aromatic carbocycles. The van der Waals surface area contributed by atoms with Crippen LogP contribution in [0.1, 0.15) is 105 Å². The van der Waals surface area contributed by atoms with E-state index in [0.717, 1.165) is 61.0 Å². The Balaban J connectivity index is 1.53. The Morgan fingerprint density at radius 1 is 0.967 bits per heavy atom. The van der Waals surface area contributed by atoms with E-state index in [2.05, 4.69) is 39.8 Å². The number of oxime groups is 1. The summed E-state index contributed by atoms with van der Waals surface area (Å²) in [5.41, 5.74) is 1.69. The minimum Gasteiger partial charge on any atom is -0.411 e. The Morgan fingerprint density at radius 2 is 1.67 bits per heavy atom. The number of aliphatic hydroxyl groups is 1. The zero-order chi connectivity index (χ0) is 21.7. The van der Waals surface area contributed by atoms with Crippen molar-refractivity contribution in [2.75, 3.05) is 0 Å². The van der Waals surface area contributed by atoms with Gasteiger partial charge in [0.25, 0.3) is 0 Å². The molecule has 0 heterocycles. The highest BCUT2D eigenvalue weighted by atomic mass is 16.4. The fourth-order valence-electron chi connectivity index (χ4n) is 9.18. The highest BCUT2D eigenvalue weighted by Gasteiger charge is 2.62. The standard InChI is InChI=1S/C27H47NO2/c1-17(2)7-6-8-18(3)21-9-10-22-20-16-25(28-30)24-15-19(29)11-13-27(24,5)23(20)12-14-26(21,22)4/h17-24,29-30H,6-16H2,1-5H3/t18-,19+,20+,21-,22+,23+,24-,26-,27-/m1/s1. The van der Waals surface area contributed by atoms with Crippen molar-refractivity contribution >= 4 is 5.71 Å².